The van der Waals surface area contributed by atoms with E-state index in [1.807, 2.05) is 13.0 Å². The topological polar surface area (TPSA) is 96.9 Å². The lowest BCUT2D eigenvalue weighted by molar-refractivity contribution is -0.136. The highest BCUT2D eigenvalue weighted by atomic mass is 79.9. The third kappa shape index (κ3) is 6.50. The Hall–Kier alpha value is -3.49. The molecule has 0 fully saturated rings. The van der Waals surface area contributed by atoms with Gasteiger partial charge in [-0.1, -0.05) is 45.7 Å². The molecule has 2 N–H and O–H groups in total. The number of hydrazone groups is 1. The van der Waals surface area contributed by atoms with Crippen molar-refractivity contribution in [2.24, 2.45) is 5.10 Å². The summed E-state index contributed by atoms with van der Waals surface area (Å²) in [5.41, 5.74) is 4.62. The van der Waals surface area contributed by atoms with E-state index >= 15 is 0 Å². The average molecular weight is 529 g/mol. The molecule has 0 heterocycles. The highest BCUT2D eigenvalue weighted by molar-refractivity contribution is 9.10. The molecular weight excluding hydrogens is 510 g/mol. The Balaban J connectivity index is 1.69. The molecule has 0 atom stereocenters. The van der Waals surface area contributed by atoms with Gasteiger partial charge in [0.1, 0.15) is 5.75 Å². The van der Waals surface area contributed by atoms with Crippen LogP contribution in [0.15, 0.2) is 76.3 Å². The van der Waals surface area contributed by atoms with Gasteiger partial charge in [0.2, 0.25) is 0 Å². The molecule has 0 spiro atoms. The maximum atomic E-state index is 12.5. The molecule has 0 radical (unpaired) electrons. The van der Waals surface area contributed by atoms with E-state index in [2.05, 4.69) is 31.8 Å². The predicted octanol–water partition coefficient (Wildman–Crippen LogP) is 5.11. The first-order valence-electron chi connectivity index (χ1n) is 9.73. The Morgan fingerprint density at radius 2 is 1.73 bits per heavy atom. The number of nitrogens with one attached hydrogen (secondary N) is 2. The summed E-state index contributed by atoms with van der Waals surface area (Å²) in [7, 11) is 0. The van der Waals surface area contributed by atoms with E-state index in [9.17, 15) is 14.4 Å². The molecule has 9 heteroatoms. The number of amides is 2. The largest absolute Gasteiger partial charge is 0.422 e. The van der Waals surface area contributed by atoms with Crippen molar-refractivity contribution in [2.75, 3.05) is 5.32 Å². The molecule has 33 heavy (non-hydrogen) atoms. The molecule has 0 saturated heterocycles. The molecule has 7 nitrogen and oxygen atoms in total. The summed E-state index contributed by atoms with van der Waals surface area (Å²) < 4.78 is 6.35. The van der Waals surface area contributed by atoms with E-state index in [0.717, 1.165) is 10.0 Å². The second kappa shape index (κ2) is 10.9. The van der Waals surface area contributed by atoms with Crippen LogP contribution in [0.1, 0.15) is 28.4 Å². The SMILES string of the molecule is C/C(=N\NC(=O)C(=O)Nc1ccc(Br)cc1C)c1ccccc1OC(=O)c1cccc(Cl)c1. The minimum absolute atomic E-state index is 0.243. The molecule has 0 bridgehead atoms. The molecule has 0 aliphatic rings. The summed E-state index contributed by atoms with van der Waals surface area (Å²) in [6.45, 7) is 3.42. The summed E-state index contributed by atoms with van der Waals surface area (Å²) in [6.07, 6.45) is 0. The summed E-state index contributed by atoms with van der Waals surface area (Å²) >= 11 is 9.28. The van der Waals surface area contributed by atoms with E-state index in [-0.39, 0.29) is 5.75 Å². The zero-order valence-electron chi connectivity index (χ0n) is 17.7. The third-order valence-corrected chi connectivity index (χ3v) is 5.24. The van der Waals surface area contributed by atoms with Crippen LogP contribution in [0.2, 0.25) is 5.02 Å². The summed E-state index contributed by atoms with van der Waals surface area (Å²) in [6, 6.07) is 18.3. The van der Waals surface area contributed by atoms with Gasteiger partial charge < -0.3 is 10.1 Å². The number of carbonyl (C=O) groups is 3. The lowest BCUT2D eigenvalue weighted by atomic mass is 10.1. The summed E-state index contributed by atoms with van der Waals surface area (Å²) in [5.74, 6) is -2.15. The van der Waals surface area contributed by atoms with Gasteiger partial charge in [0.15, 0.2) is 0 Å². The maximum Gasteiger partial charge on any atom is 0.343 e. The van der Waals surface area contributed by atoms with Crippen molar-refractivity contribution in [3.63, 3.8) is 0 Å². The van der Waals surface area contributed by atoms with E-state index in [4.69, 9.17) is 16.3 Å². The molecule has 3 aromatic rings. The number of anilines is 1. The van der Waals surface area contributed by atoms with Crippen molar-refractivity contribution < 1.29 is 19.1 Å². The standard InChI is InChI=1S/C24H19BrClN3O4/c1-14-12-17(25)10-11-20(14)27-22(30)23(31)29-28-15(2)19-8-3-4-9-21(19)33-24(32)16-6-5-7-18(26)13-16/h3-13H,1-2H3,(H,27,30)(H,29,31)/b28-15+. The average Bonchev–Trinajstić information content (AvgIpc) is 2.79. The van der Waals surface area contributed by atoms with Crippen molar-refractivity contribution in [2.45, 2.75) is 13.8 Å². The van der Waals surface area contributed by atoms with Gasteiger partial charge in [-0.2, -0.15) is 5.10 Å². The van der Waals surface area contributed by atoms with E-state index < -0.39 is 17.8 Å². The van der Waals surface area contributed by atoms with E-state index in [0.29, 0.717) is 27.5 Å². The quantitative estimate of drug-likeness (QED) is 0.158. The van der Waals surface area contributed by atoms with Gasteiger partial charge in [0.05, 0.1) is 11.3 Å². The summed E-state index contributed by atoms with van der Waals surface area (Å²) in [4.78, 5) is 36.9. The minimum Gasteiger partial charge on any atom is -0.422 e. The molecule has 0 unspecified atom stereocenters. The van der Waals surface area contributed by atoms with E-state index in [1.54, 1.807) is 61.5 Å². The van der Waals surface area contributed by atoms with Crippen molar-refractivity contribution >= 4 is 56.7 Å². The van der Waals surface area contributed by atoms with E-state index in [1.165, 1.54) is 6.07 Å². The molecule has 0 aliphatic carbocycles. The van der Waals surface area contributed by atoms with Crippen LogP contribution < -0.4 is 15.5 Å². The van der Waals surface area contributed by atoms with Crippen LogP contribution in [-0.2, 0) is 9.59 Å². The lowest BCUT2D eigenvalue weighted by Crippen LogP contribution is -2.33. The molecule has 168 valence electrons. The minimum atomic E-state index is -0.940. The Kier molecular flexibility index (Phi) is 7.97. The summed E-state index contributed by atoms with van der Waals surface area (Å²) in [5, 5.41) is 6.94. The molecule has 0 aromatic heterocycles. The maximum absolute atomic E-state index is 12.5. The normalized spacial score (nSPS) is 11.0. The first-order valence-corrected chi connectivity index (χ1v) is 10.9. The highest BCUT2D eigenvalue weighted by Crippen LogP contribution is 2.22. The van der Waals surface area contributed by atoms with Gasteiger partial charge in [-0.05, 0) is 67.9 Å². The first-order chi connectivity index (χ1) is 15.7. The lowest BCUT2D eigenvalue weighted by Gasteiger charge is -2.11. The van der Waals surface area contributed by atoms with Crippen molar-refractivity contribution in [3.05, 3.63) is 92.9 Å². The second-order valence-corrected chi connectivity index (χ2v) is 8.30. The van der Waals surface area contributed by atoms with Gasteiger partial charge in [0.25, 0.3) is 0 Å². The number of hydrogen-bond acceptors (Lipinski definition) is 5. The van der Waals surface area contributed by atoms with Crippen LogP contribution in [0.4, 0.5) is 5.69 Å². The van der Waals surface area contributed by atoms with Gasteiger partial charge in [-0.3, -0.25) is 9.59 Å². The van der Waals surface area contributed by atoms with Crippen LogP contribution in [0.5, 0.6) is 5.75 Å². The number of esters is 1. The van der Waals surface area contributed by atoms with Gasteiger partial charge in [0, 0.05) is 20.7 Å². The molecular formula is C24H19BrClN3O4. The van der Waals surface area contributed by atoms with Crippen molar-refractivity contribution in [1.82, 2.24) is 5.43 Å². The van der Waals surface area contributed by atoms with Crippen LogP contribution >= 0.6 is 27.5 Å². The Labute approximate surface area is 203 Å². The Morgan fingerprint density at radius 1 is 0.970 bits per heavy atom. The van der Waals surface area contributed by atoms with Gasteiger partial charge in [-0.25, -0.2) is 10.2 Å². The number of para-hydroxylation sites is 1. The Bertz CT molecular complexity index is 1260. The molecule has 0 saturated carbocycles. The number of rotatable bonds is 5. The number of halogens is 2. The number of aryl methyl sites for hydroxylation is 1. The third-order valence-electron chi connectivity index (χ3n) is 4.51. The van der Waals surface area contributed by atoms with Crippen LogP contribution in [0.25, 0.3) is 0 Å². The fraction of sp³-hybridized carbons (Fsp3) is 0.0833. The number of carbonyl (C=O) groups excluding carboxylic acids is 3. The van der Waals surface area contributed by atoms with Gasteiger partial charge >= 0.3 is 17.8 Å². The predicted molar refractivity (Wildman–Crippen MR) is 131 cm³/mol. The van der Waals surface area contributed by atoms with Crippen LogP contribution in [0, 0.1) is 6.92 Å². The smallest absolute Gasteiger partial charge is 0.343 e. The Morgan fingerprint density at radius 3 is 2.45 bits per heavy atom. The molecule has 3 aromatic carbocycles. The fourth-order valence-corrected chi connectivity index (χ4v) is 3.49. The molecule has 2 amide bonds. The second-order valence-electron chi connectivity index (χ2n) is 6.95. The molecule has 3 rings (SSSR count). The van der Waals surface area contributed by atoms with Crippen LogP contribution in [0.3, 0.4) is 0 Å². The van der Waals surface area contributed by atoms with Crippen molar-refractivity contribution in [3.8, 4) is 5.75 Å². The van der Waals surface area contributed by atoms with Crippen LogP contribution in [-0.4, -0.2) is 23.5 Å². The number of benzene rings is 3. The fourth-order valence-electron chi connectivity index (χ4n) is 2.82. The van der Waals surface area contributed by atoms with Crippen molar-refractivity contribution in [1.29, 1.82) is 0 Å². The zero-order chi connectivity index (χ0) is 24.0. The van der Waals surface area contributed by atoms with Gasteiger partial charge in [-0.15, -0.1) is 0 Å². The molecule has 0 aliphatic heterocycles. The number of nitrogens with zero attached hydrogens (tertiary/aromatic N) is 1. The highest BCUT2D eigenvalue weighted by Gasteiger charge is 2.16. The first kappa shape index (κ1) is 24.2. The number of hydrogen-bond donors (Lipinski definition) is 2. The zero-order valence-corrected chi connectivity index (χ0v) is 20.0. The number of ether oxygens (including phenoxy) is 1. The monoisotopic (exact) mass is 527 g/mol.